The summed E-state index contributed by atoms with van der Waals surface area (Å²) in [6, 6.07) is 14.6. The molecule has 2 rings (SSSR count). The number of aliphatic hydroxyl groups excluding tert-OH is 1. The maximum atomic E-state index is 10.5. The van der Waals surface area contributed by atoms with Crippen LogP contribution in [0.1, 0.15) is 40.1 Å². The van der Waals surface area contributed by atoms with Gasteiger partial charge < -0.3 is 5.11 Å². The summed E-state index contributed by atoms with van der Waals surface area (Å²) in [7, 11) is 0. The normalized spacial score (nSPS) is 11.3. The summed E-state index contributed by atoms with van der Waals surface area (Å²) in [6.07, 6.45) is 0.351. The van der Waals surface area contributed by atoms with Crippen molar-refractivity contribution >= 4 is 6.29 Å². The van der Waals surface area contributed by atoms with Gasteiger partial charge in [0.1, 0.15) is 6.29 Å². The van der Waals surface area contributed by atoms with E-state index in [-0.39, 0.29) is 0 Å². The summed E-state index contributed by atoms with van der Waals surface area (Å²) in [5.41, 5.74) is 3.28. The molecule has 94 valence electrons. The van der Waals surface area contributed by atoms with Crippen LogP contribution in [0.4, 0.5) is 0 Å². The van der Waals surface area contributed by atoms with Gasteiger partial charge in [-0.1, -0.05) is 36.1 Å². The third kappa shape index (κ3) is 3.54. The maximum Gasteiger partial charge on any atom is 0.150 e. The summed E-state index contributed by atoms with van der Waals surface area (Å²) in [6.45, 7) is 1.73. The predicted molar refractivity (Wildman–Crippen MR) is 74.9 cm³/mol. The first-order valence-corrected chi connectivity index (χ1v) is 6.04. The van der Waals surface area contributed by atoms with Gasteiger partial charge in [-0.3, -0.25) is 4.79 Å². The molecule has 0 aliphatic rings. The lowest BCUT2D eigenvalue weighted by Gasteiger charge is -2.02. The van der Waals surface area contributed by atoms with Gasteiger partial charge in [0.15, 0.2) is 0 Å². The Hall–Kier alpha value is -2.37. The van der Waals surface area contributed by atoms with Gasteiger partial charge in [0.05, 0.1) is 6.10 Å². The fourth-order valence-electron chi connectivity index (χ4n) is 1.63. The van der Waals surface area contributed by atoms with Crippen LogP contribution in [-0.4, -0.2) is 11.4 Å². The first kappa shape index (κ1) is 13.1. The summed E-state index contributed by atoms with van der Waals surface area (Å²) < 4.78 is 0. The van der Waals surface area contributed by atoms with E-state index in [2.05, 4.69) is 11.8 Å². The van der Waals surface area contributed by atoms with Gasteiger partial charge in [-0.15, -0.1) is 0 Å². The zero-order valence-electron chi connectivity index (χ0n) is 10.6. The Bertz CT molecular complexity index is 611. The topological polar surface area (TPSA) is 37.3 Å². The Kier molecular flexibility index (Phi) is 4.12. The van der Waals surface area contributed by atoms with Crippen molar-refractivity contribution in [3.63, 3.8) is 0 Å². The molecule has 0 aromatic heterocycles. The minimum atomic E-state index is -0.460. The SMILES string of the molecule is CC(O)c1ccc(C#Cc2ccc(C=O)cc2)cc1. The van der Waals surface area contributed by atoms with E-state index >= 15 is 0 Å². The van der Waals surface area contributed by atoms with Crippen molar-refractivity contribution in [2.24, 2.45) is 0 Å². The molecule has 1 unspecified atom stereocenters. The van der Waals surface area contributed by atoms with Gasteiger partial charge in [-0.25, -0.2) is 0 Å². The molecule has 0 fully saturated rings. The zero-order chi connectivity index (χ0) is 13.7. The second kappa shape index (κ2) is 5.99. The van der Waals surface area contributed by atoms with Crippen molar-refractivity contribution < 1.29 is 9.90 Å². The second-order valence-corrected chi connectivity index (χ2v) is 4.29. The van der Waals surface area contributed by atoms with E-state index in [0.717, 1.165) is 23.0 Å². The van der Waals surface area contributed by atoms with Gasteiger partial charge >= 0.3 is 0 Å². The van der Waals surface area contributed by atoms with Crippen molar-refractivity contribution in [1.29, 1.82) is 0 Å². The molecule has 0 bridgehead atoms. The van der Waals surface area contributed by atoms with E-state index < -0.39 is 6.10 Å². The number of carbonyl (C=O) groups excluding carboxylic acids is 1. The second-order valence-electron chi connectivity index (χ2n) is 4.29. The first-order chi connectivity index (χ1) is 9.19. The molecule has 2 aromatic rings. The highest BCUT2D eigenvalue weighted by Gasteiger charge is 1.98. The summed E-state index contributed by atoms with van der Waals surface area (Å²) in [5.74, 6) is 6.08. The van der Waals surface area contributed by atoms with Crippen molar-refractivity contribution in [1.82, 2.24) is 0 Å². The number of hydrogen-bond acceptors (Lipinski definition) is 2. The lowest BCUT2D eigenvalue weighted by Crippen LogP contribution is -1.89. The van der Waals surface area contributed by atoms with Crippen LogP contribution >= 0.6 is 0 Å². The maximum absolute atomic E-state index is 10.5. The quantitative estimate of drug-likeness (QED) is 0.657. The van der Waals surface area contributed by atoms with Crippen molar-refractivity contribution in [2.45, 2.75) is 13.0 Å². The molecule has 2 nitrogen and oxygen atoms in total. The molecule has 0 heterocycles. The van der Waals surface area contributed by atoms with Gasteiger partial charge in [0, 0.05) is 16.7 Å². The molecular formula is C17H14O2. The minimum absolute atomic E-state index is 0.460. The molecule has 0 aliphatic carbocycles. The van der Waals surface area contributed by atoms with E-state index in [1.165, 1.54) is 0 Å². The van der Waals surface area contributed by atoms with Crippen LogP contribution in [0.2, 0.25) is 0 Å². The number of aldehydes is 1. The Morgan fingerprint density at radius 1 is 0.947 bits per heavy atom. The third-order valence-corrected chi connectivity index (χ3v) is 2.79. The van der Waals surface area contributed by atoms with Gasteiger partial charge in [0.2, 0.25) is 0 Å². The van der Waals surface area contributed by atoms with Crippen LogP contribution in [0.15, 0.2) is 48.5 Å². The Morgan fingerprint density at radius 2 is 1.42 bits per heavy atom. The smallest absolute Gasteiger partial charge is 0.150 e. The summed E-state index contributed by atoms with van der Waals surface area (Å²) in [5, 5.41) is 9.41. The number of benzene rings is 2. The van der Waals surface area contributed by atoms with E-state index in [0.29, 0.717) is 5.56 Å². The molecule has 0 radical (unpaired) electrons. The van der Waals surface area contributed by atoms with Crippen molar-refractivity contribution in [3.8, 4) is 11.8 Å². The molecule has 0 spiro atoms. The molecule has 1 N–H and O–H groups in total. The van der Waals surface area contributed by atoms with Crippen LogP contribution in [0.25, 0.3) is 0 Å². The number of aliphatic hydroxyl groups is 1. The molecule has 1 atom stereocenters. The van der Waals surface area contributed by atoms with E-state index in [9.17, 15) is 9.90 Å². The first-order valence-electron chi connectivity index (χ1n) is 6.04. The molecule has 2 heteroatoms. The highest BCUT2D eigenvalue weighted by atomic mass is 16.3. The number of hydrogen-bond donors (Lipinski definition) is 1. The van der Waals surface area contributed by atoms with Gasteiger partial charge in [-0.2, -0.15) is 0 Å². The van der Waals surface area contributed by atoms with Crippen LogP contribution < -0.4 is 0 Å². The number of rotatable bonds is 2. The fourth-order valence-corrected chi connectivity index (χ4v) is 1.63. The standard InChI is InChI=1S/C17H14O2/c1-13(19)17-10-8-15(9-11-17)3-2-14-4-6-16(12-18)7-5-14/h4-13,19H,1H3. The lowest BCUT2D eigenvalue weighted by atomic mass is 10.1. The molecule has 19 heavy (non-hydrogen) atoms. The van der Waals surface area contributed by atoms with Crippen molar-refractivity contribution in [3.05, 3.63) is 70.8 Å². The average molecular weight is 250 g/mol. The third-order valence-electron chi connectivity index (χ3n) is 2.79. The molecule has 0 amide bonds. The molecule has 0 saturated carbocycles. The Labute approximate surface area is 112 Å². The minimum Gasteiger partial charge on any atom is -0.389 e. The molecule has 0 aliphatic heterocycles. The van der Waals surface area contributed by atoms with E-state index in [4.69, 9.17) is 0 Å². The highest BCUT2D eigenvalue weighted by Crippen LogP contribution is 2.12. The number of carbonyl (C=O) groups is 1. The Morgan fingerprint density at radius 3 is 1.84 bits per heavy atom. The fraction of sp³-hybridized carbons (Fsp3) is 0.118. The molecule has 0 saturated heterocycles. The van der Waals surface area contributed by atoms with Crippen molar-refractivity contribution in [2.75, 3.05) is 0 Å². The predicted octanol–water partition coefficient (Wildman–Crippen LogP) is 2.95. The van der Waals surface area contributed by atoms with Gasteiger partial charge in [-0.05, 0) is 36.8 Å². The molecule has 2 aromatic carbocycles. The van der Waals surface area contributed by atoms with Crippen LogP contribution in [0.3, 0.4) is 0 Å². The highest BCUT2D eigenvalue weighted by molar-refractivity contribution is 5.74. The summed E-state index contributed by atoms with van der Waals surface area (Å²) >= 11 is 0. The van der Waals surface area contributed by atoms with Gasteiger partial charge in [0.25, 0.3) is 0 Å². The van der Waals surface area contributed by atoms with E-state index in [1.54, 1.807) is 19.1 Å². The Balaban J connectivity index is 2.16. The van der Waals surface area contributed by atoms with Crippen LogP contribution in [-0.2, 0) is 0 Å². The largest absolute Gasteiger partial charge is 0.389 e. The van der Waals surface area contributed by atoms with E-state index in [1.807, 2.05) is 36.4 Å². The summed E-state index contributed by atoms with van der Waals surface area (Å²) in [4.78, 5) is 10.5. The average Bonchev–Trinajstić information content (AvgIpc) is 2.46. The van der Waals surface area contributed by atoms with Crippen LogP contribution in [0.5, 0.6) is 0 Å². The zero-order valence-corrected chi connectivity index (χ0v) is 10.6. The monoisotopic (exact) mass is 250 g/mol. The molecular weight excluding hydrogens is 236 g/mol. The lowest BCUT2D eigenvalue weighted by molar-refractivity contribution is 0.112. The van der Waals surface area contributed by atoms with Crippen LogP contribution in [0, 0.1) is 11.8 Å².